The van der Waals surface area contributed by atoms with Crippen LogP contribution in [0, 0.1) is 12.7 Å². The highest BCUT2D eigenvalue weighted by Gasteiger charge is 2.17. The van der Waals surface area contributed by atoms with E-state index < -0.39 is 0 Å². The highest BCUT2D eigenvalue weighted by molar-refractivity contribution is 7.20. The van der Waals surface area contributed by atoms with Crippen LogP contribution in [0.25, 0.3) is 15.9 Å². The van der Waals surface area contributed by atoms with Gasteiger partial charge in [-0.3, -0.25) is 9.59 Å². The smallest absolute Gasteiger partial charge is 0.261 e. The Morgan fingerprint density at radius 3 is 2.63 bits per heavy atom. The molecular weight excluding hydrogens is 367 g/mol. The van der Waals surface area contributed by atoms with Crippen molar-refractivity contribution in [2.45, 2.75) is 26.7 Å². The summed E-state index contributed by atoms with van der Waals surface area (Å²) in [6.45, 7) is 4.78. The number of nitrogens with one attached hydrogen (secondary N) is 2. The molecule has 0 aliphatic carbocycles. The minimum atomic E-state index is -0.312. The van der Waals surface area contributed by atoms with Gasteiger partial charge in [0.2, 0.25) is 5.91 Å². The number of carbonyl (C=O) groups excluding carboxylic acids is 2. The van der Waals surface area contributed by atoms with Crippen molar-refractivity contribution in [3.63, 3.8) is 0 Å². The predicted octanol–water partition coefficient (Wildman–Crippen LogP) is 3.18. The number of rotatable bonds is 7. The maximum absolute atomic E-state index is 13.2. The minimum Gasteiger partial charge on any atom is -0.356 e. The Labute approximate surface area is 160 Å². The molecule has 0 aliphatic heterocycles. The molecule has 2 N–H and O–H groups in total. The Balaban J connectivity index is 1.73. The number of hydrogen-bond acceptors (Lipinski definition) is 4. The second kappa shape index (κ2) is 8.30. The van der Waals surface area contributed by atoms with Gasteiger partial charge in [0.25, 0.3) is 5.91 Å². The minimum absolute atomic E-state index is 0.0729. The molecule has 3 aromatic rings. The second-order valence-corrected chi connectivity index (χ2v) is 7.19. The number of halogens is 1. The fourth-order valence-corrected chi connectivity index (χ4v) is 3.75. The van der Waals surface area contributed by atoms with E-state index >= 15 is 0 Å². The molecule has 0 bridgehead atoms. The van der Waals surface area contributed by atoms with Crippen LogP contribution in [0.15, 0.2) is 30.3 Å². The van der Waals surface area contributed by atoms with Gasteiger partial charge < -0.3 is 10.6 Å². The maximum atomic E-state index is 13.2. The van der Waals surface area contributed by atoms with E-state index in [0.29, 0.717) is 11.4 Å². The van der Waals surface area contributed by atoms with E-state index in [1.165, 1.54) is 23.5 Å². The number of aromatic nitrogens is 2. The highest BCUT2D eigenvalue weighted by Crippen LogP contribution is 2.30. The Hall–Kier alpha value is -2.74. The first-order valence-corrected chi connectivity index (χ1v) is 9.61. The van der Waals surface area contributed by atoms with E-state index in [1.54, 1.807) is 22.9 Å². The number of amides is 2. The van der Waals surface area contributed by atoms with Crippen molar-refractivity contribution in [1.29, 1.82) is 0 Å². The first-order chi connectivity index (χ1) is 13.0. The normalized spacial score (nSPS) is 10.9. The zero-order valence-corrected chi connectivity index (χ0v) is 16.0. The number of carbonyl (C=O) groups is 2. The lowest BCUT2D eigenvalue weighted by Gasteiger charge is -2.05. The third kappa shape index (κ3) is 4.33. The van der Waals surface area contributed by atoms with Crippen LogP contribution in [-0.2, 0) is 4.79 Å². The second-order valence-electron chi connectivity index (χ2n) is 6.16. The van der Waals surface area contributed by atoms with Crippen LogP contribution in [0.4, 0.5) is 4.39 Å². The van der Waals surface area contributed by atoms with Gasteiger partial charge in [0, 0.05) is 24.9 Å². The molecule has 3 rings (SSSR count). The SMILES string of the molecule is CCCNC(=O)CCNC(=O)c1cc2c(C)nn(-c3ccc(F)cc3)c2s1. The molecule has 2 aromatic heterocycles. The van der Waals surface area contributed by atoms with Crippen molar-refractivity contribution in [2.24, 2.45) is 0 Å². The van der Waals surface area contributed by atoms with Crippen LogP contribution in [-0.4, -0.2) is 34.7 Å². The van der Waals surface area contributed by atoms with E-state index in [4.69, 9.17) is 0 Å². The van der Waals surface area contributed by atoms with Crippen LogP contribution in [0.5, 0.6) is 0 Å². The van der Waals surface area contributed by atoms with Gasteiger partial charge in [-0.1, -0.05) is 6.92 Å². The molecule has 0 atom stereocenters. The monoisotopic (exact) mass is 388 g/mol. The molecule has 6 nitrogen and oxygen atoms in total. The third-order valence-electron chi connectivity index (χ3n) is 4.05. The molecule has 0 radical (unpaired) electrons. The average Bonchev–Trinajstić information content (AvgIpc) is 3.21. The average molecular weight is 388 g/mol. The molecule has 0 aliphatic rings. The van der Waals surface area contributed by atoms with Crippen LogP contribution >= 0.6 is 11.3 Å². The van der Waals surface area contributed by atoms with Crippen LogP contribution in [0.3, 0.4) is 0 Å². The van der Waals surface area contributed by atoms with Crippen LogP contribution in [0.1, 0.15) is 35.1 Å². The molecule has 8 heteroatoms. The summed E-state index contributed by atoms with van der Waals surface area (Å²) in [7, 11) is 0. The summed E-state index contributed by atoms with van der Waals surface area (Å²) >= 11 is 1.32. The number of aryl methyl sites for hydroxylation is 1. The lowest BCUT2D eigenvalue weighted by molar-refractivity contribution is -0.120. The van der Waals surface area contributed by atoms with E-state index in [1.807, 2.05) is 13.8 Å². The lowest BCUT2D eigenvalue weighted by atomic mass is 10.3. The van der Waals surface area contributed by atoms with E-state index in [9.17, 15) is 14.0 Å². The quantitative estimate of drug-likeness (QED) is 0.653. The standard InChI is InChI=1S/C19H21FN4O2S/c1-3-9-21-17(25)8-10-22-18(26)16-11-15-12(2)23-24(19(15)27-16)14-6-4-13(20)5-7-14/h4-7,11H,3,8-10H2,1-2H3,(H,21,25)(H,22,26). The Morgan fingerprint density at radius 1 is 1.19 bits per heavy atom. The van der Waals surface area contributed by atoms with Gasteiger partial charge in [-0.15, -0.1) is 11.3 Å². The Kier molecular flexibility index (Phi) is 5.85. The zero-order chi connectivity index (χ0) is 19.4. The van der Waals surface area contributed by atoms with Crippen molar-refractivity contribution in [3.8, 4) is 5.69 Å². The molecule has 0 saturated carbocycles. The first-order valence-electron chi connectivity index (χ1n) is 8.79. The molecule has 0 spiro atoms. The van der Waals surface area contributed by atoms with Gasteiger partial charge in [-0.05, 0) is 43.7 Å². The van der Waals surface area contributed by atoms with Gasteiger partial charge in [0.15, 0.2) is 0 Å². The van der Waals surface area contributed by atoms with Crippen LogP contribution in [0.2, 0.25) is 0 Å². The van der Waals surface area contributed by atoms with Crippen molar-refractivity contribution in [3.05, 3.63) is 46.7 Å². The molecule has 142 valence electrons. The first kappa shape index (κ1) is 19.0. The van der Waals surface area contributed by atoms with E-state index in [-0.39, 0.29) is 30.6 Å². The number of benzene rings is 1. The van der Waals surface area contributed by atoms with Crippen LogP contribution < -0.4 is 10.6 Å². The highest BCUT2D eigenvalue weighted by atomic mass is 32.1. The molecule has 27 heavy (non-hydrogen) atoms. The molecule has 0 fully saturated rings. The molecule has 0 unspecified atom stereocenters. The van der Waals surface area contributed by atoms with Gasteiger partial charge in [0.1, 0.15) is 10.6 Å². The molecule has 2 amide bonds. The number of hydrogen-bond donors (Lipinski definition) is 2. The Bertz CT molecular complexity index is 962. The summed E-state index contributed by atoms with van der Waals surface area (Å²) in [6, 6.07) is 7.85. The van der Waals surface area contributed by atoms with Crippen molar-refractivity contribution >= 4 is 33.4 Å². The Morgan fingerprint density at radius 2 is 1.93 bits per heavy atom. The summed E-state index contributed by atoms with van der Waals surface area (Å²) in [6.07, 6.45) is 1.13. The fourth-order valence-electron chi connectivity index (χ4n) is 2.65. The van der Waals surface area contributed by atoms with Crippen molar-refractivity contribution < 1.29 is 14.0 Å². The maximum Gasteiger partial charge on any atom is 0.261 e. The fraction of sp³-hybridized carbons (Fsp3) is 0.316. The summed E-state index contributed by atoms with van der Waals surface area (Å²) < 4.78 is 14.9. The van der Waals surface area contributed by atoms with E-state index in [0.717, 1.165) is 28.0 Å². The van der Waals surface area contributed by atoms with Gasteiger partial charge in [0.05, 0.1) is 16.3 Å². The number of nitrogens with zero attached hydrogens (tertiary/aromatic N) is 2. The predicted molar refractivity (Wildman–Crippen MR) is 104 cm³/mol. The third-order valence-corrected chi connectivity index (χ3v) is 5.16. The van der Waals surface area contributed by atoms with Gasteiger partial charge in [-0.2, -0.15) is 5.10 Å². The summed E-state index contributed by atoms with van der Waals surface area (Å²) in [5.41, 5.74) is 1.53. The molecule has 0 saturated heterocycles. The zero-order valence-electron chi connectivity index (χ0n) is 15.2. The largest absolute Gasteiger partial charge is 0.356 e. The number of fused-ring (bicyclic) bond motifs is 1. The lowest BCUT2D eigenvalue weighted by Crippen LogP contribution is -2.30. The summed E-state index contributed by atoms with van der Waals surface area (Å²) in [5.74, 6) is -0.603. The molecule has 2 heterocycles. The molecule has 1 aromatic carbocycles. The number of thiophene rings is 1. The topological polar surface area (TPSA) is 76.0 Å². The van der Waals surface area contributed by atoms with Gasteiger partial charge >= 0.3 is 0 Å². The molecular formula is C19H21FN4O2S. The van der Waals surface area contributed by atoms with Gasteiger partial charge in [-0.25, -0.2) is 9.07 Å². The summed E-state index contributed by atoms with van der Waals surface area (Å²) in [4.78, 5) is 25.4. The van der Waals surface area contributed by atoms with Crippen molar-refractivity contribution in [1.82, 2.24) is 20.4 Å². The summed E-state index contributed by atoms with van der Waals surface area (Å²) in [5, 5.41) is 10.9. The van der Waals surface area contributed by atoms with E-state index in [2.05, 4.69) is 15.7 Å². The van der Waals surface area contributed by atoms with Crippen molar-refractivity contribution in [2.75, 3.05) is 13.1 Å².